The molecule has 2 aromatic heterocycles. The van der Waals surface area contributed by atoms with Crippen LogP contribution >= 0.6 is 23.2 Å². The van der Waals surface area contributed by atoms with Crippen molar-refractivity contribution < 1.29 is 9.53 Å². The quantitative estimate of drug-likeness (QED) is 0.230. The number of carbonyl (C=O) groups excluding carboxylic acids is 1. The summed E-state index contributed by atoms with van der Waals surface area (Å²) in [6.07, 6.45) is 3.70. The van der Waals surface area contributed by atoms with Crippen molar-refractivity contribution in [3.63, 3.8) is 0 Å². The number of halogens is 2. The van der Waals surface area contributed by atoms with Crippen molar-refractivity contribution in [2.45, 2.75) is 5.92 Å². The Morgan fingerprint density at radius 1 is 0.976 bits per heavy atom. The Bertz CT molecular complexity index is 1710. The summed E-state index contributed by atoms with van der Waals surface area (Å²) >= 11 is 12.7. The summed E-state index contributed by atoms with van der Waals surface area (Å²) in [5, 5.41) is 5.29. The number of fused-ring (bicyclic) bond motifs is 1. The highest BCUT2D eigenvalue weighted by atomic mass is 35.5. The molecule has 1 saturated heterocycles. The number of hydrogen-bond acceptors (Lipinski definition) is 5. The normalized spacial score (nSPS) is 14.6. The van der Waals surface area contributed by atoms with Crippen LogP contribution in [0, 0.1) is 0 Å². The van der Waals surface area contributed by atoms with Gasteiger partial charge in [-0.3, -0.25) is 9.69 Å². The van der Waals surface area contributed by atoms with Gasteiger partial charge in [-0.25, -0.2) is 9.97 Å². The number of hydrogen-bond donors (Lipinski definition) is 1. The highest BCUT2D eigenvalue weighted by Gasteiger charge is 2.22. The minimum atomic E-state index is -0.202. The lowest BCUT2D eigenvalue weighted by molar-refractivity contribution is 0.0383. The molecule has 0 radical (unpaired) electrons. The number of imidazole rings is 1. The number of ether oxygens (including phenoxy) is 1. The fourth-order valence-corrected chi connectivity index (χ4v) is 5.83. The average Bonchev–Trinajstić information content (AvgIpc) is 3.43. The van der Waals surface area contributed by atoms with Crippen molar-refractivity contribution in [1.29, 1.82) is 0 Å². The first kappa shape index (κ1) is 28.4. The first-order valence-electron chi connectivity index (χ1n) is 14.0. The molecule has 1 aliphatic rings. The Hall–Kier alpha value is -3.75. The first-order valence-corrected chi connectivity index (χ1v) is 14.7. The van der Waals surface area contributed by atoms with Crippen molar-refractivity contribution in [1.82, 2.24) is 24.8 Å². The van der Waals surface area contributed by atoms with Gasteiger partial charge in [-0.2, -0.15) is 0 Å². The molecule has 3 aromatic carbocycles. The number of pyridine rings is 1. The van der Waals surface area contributed by atoms with E-state index in [2.05, 4.69) is 27.3 Å². The predicted molar refractivity (Wildman–Crippen MR) is 167 cm³/mol. The van der Waals surface area contributed by atoms with Crippen LogP contribution in [0.25, 0.3) is 22.0 Å². The lowest BCUT2D eigenvalue weighted by Gasteiger charge is -2.26. The minimum Gasteiger partial charge on any atom is -0.379 e. The number of amides is 1. The fourth-order valence-electron chi connectivity index (χ4n) is 5.51. The van der Waals surface area contributed by atoms with Gasteiger partial charge in [-0.05, 0) is 64.7 Å². The molecular weight excluding hydrogens is 569 g/mol. The number of aryl methyl sites for hydroxylation is 1. The largest absolute Gasteiger partial charge is 0.379 e. The molecule has 0 aliphatic carbocycles. The van der Waals surface area contributed by atoms with E-state index in [0.29, 0.717) is 22.3 Å². The van der Waals surface area contributed by atoms with E-state index in [1.54, 1.807) is 0 Å². The van der Waals surface area contributed by atoms with Crippen molar-refractivity contribution in [3.8, 4) is 11.1 Å². The summed E-state index contributed by atoms with van der Waals surface area (Å²) in [6.45, 7) is 4.52. The molecule has 1 amide bonds. The summed E-state index contributed by atoms with van der Waals surface area (Å²) in [5.74, 6) is -0.291. The monoisotopic (exact) mass is 599 g/mol. The van der Waals surface area contributed by atoms with Crippen LogP contribution in [0.5, 0.6) is 0 Å². The molecule has 0 bridgehead atoms. The number of nitrogens with zero attached hydrogens (tertiary/aromatic N) is 4. The van der Waals surface area contributed by atoms with E-state index >= 15 is 0 Å². The van der Waals surface area contributed by atoms with E-state index in [1.807, 2.05) is 84.8 Å². The molecule has 1 aliphatic heterocycles. The first-order chi connectivity index (χ1) is 20.5. The third-order valence-electron chi connectivity index (χ3n) is 7.70. The Balaban J connectivity index is 1.41. The highest BCUT2D eigenvalue weighted by molar-refractivity contribution is 6.31. The smallest absolute Gasteiger partial charge is 0.269 e. The van der Waals surface area contributed by atoms with Gasteiger partial charge in [0.25, 0.3) is 5.91 Å². The Morgan fingerprint density at radius 2 is 1.76 bits per heavy atom. The summed E-state index contributed by atoms with van der Waals surface area (Å²) < 4.78 is 7.45. The molecule has 7 nitrogen and oxygen atoms in total. The van der Waals surface area contributed by atoms with Crippen molar-refractivity contribution >= 4 is 40.0 Å². The molecule has 42 heavy (non-hydrogen) atoms. The zero-order valence-electron chi connectivity index (χ0n) is 23.3. The van der Waals surface area contributed by atoms with Gasteiger partial charge in [-0.1, -0.05) is 53.5 Å². The maximum Gasteiger partial charge on any atom is 0.269 e. The second-order valence-corrected chi connectivity index (χ2v) is 11.3. The molecule has 5 aromatic rings. The molecule has 214 valence electrons. The number of carbonyl (C=O) groups is 1. The SMILES string of the molecule is Cn1cncc1C(c1ccc(Cl)cc1)c1ccc2nc(C(=O)NCCN3CCOCC3)cc(-c3cccc(Cl)c3)c2c1. The van der Waals surface area contributed by atoms with Gasteiger partial charge in [0, 0.05) is 60.5 Å². The van der Waals surface area contributed by atoms with Crippen LogP contribution in [0.4, 0.5) is 0 Å². The second kappa shape index (κ2) is 12.6. The number of aromatic nitrogens is 3. The van der Waals surface area contributed by atoms with Gasteiger partial charge in [0.15, 0.2) is 0 Å². The lowest BCUT2D eigenvalue weighted by atomic mass is 9.87. The molecule has 3 heterocycles. The van der Waals surface area contributed by atoms with Gasteiger partial charge in [0.05, 0.1) is 31.0 Å². The van der Waals surface area contributed by atoms with Crippen LogP contribution in [0.1, 0.15) is 33.2 Å². The van der Waals surface area contributed by atoms with Gasteiger partial charge >= 0.3 is 0 Å². The molecular formula is C33H31Cl2N5O2. The van der Waals surface area contributed by atoms with Crippen LogP contribution < -0.4 is 5.32 Å². The summed E-state index contributed by atoms with van der Waals surface area (Å²) in [4.78, 5) is 24.8. The fraction of sp³-hybridized carbons (Fsp3) is 0.242. The molecule has 1 fully saturated rings. The van der Waals surface area contributed by atoms with Crippen molar-refractivity contribution in [3.05, 3.63) is 118 Å². The molecule has 6 rings (SSSR count). The van der Waals surface area contributed by atoms with Crippen LogP contribution in [0.15, 0.2) is 85.3 Å². The number of morpholine rings is 1. The Morgan fingerprint density at radius 3 is 2.50 bits per heavy atom. The number of rotatable bonds is 8. The van der Waals surface area contributed by atoms with Crippen LogP contribution in [-0.2, 0) is 11.8 Å². The molecule has 1 N–H and O–H groups in total. The Labute approximate surface area is 255 Å². The van der Waals surface area contributed by atoms with Gasteiger partial charge in [0.2, 0.25) is 0 Å². The molecule has 9 heteroatoms. The van der Waals surface area contributed by atoms with Crippen molar-refractivity contribution in [2.75, 3.05) is 39.4 Å². The molecule has 0 saturated carbocycles. The van der Waals surface area contributed by atoms with E-state index in [1.165, 1.54) is 0 Å². The van der Waals surface area contributed by atoms with E-state index in [9.17, 15) is 4.79 Å². The van der Waals surface area contributed by atoms with Crippen LogP contribution in [0.3, 0.4) is 0 Å². The molecule has 0 spiro atoms. The van der Waals surface area contributed by atoms with E-state index in [-0.39, 0.29) is 11.8 Å². The zero-order chi connectivity index (χ0) is 29.1. The average molecular weight is 601 g/mol. The van der Waals surface area contributed by atoms with E-state index in [4.69, 9.17) is 32.9 Å². The topological polar surface area (TPSA) is 72.3 Å². The molecule has 1 unspecified atom stereocenters. The maximum absolute atomic E-state index is 13.3. The zero-order valence-corrected chi connectivity index (χ0v) is 24.8. The summed E-state index contributed by atoms with van der Waals surface area (Å²) in [6, 6.07) is 23.7. The van der Waals surface area contributed by atoms with Crippen LogP contribution in [-0.4, -0.2) is 64.7 Å². The minimum absolute atomic E-state index is 0.0884. The van der Waals surface area contributed by atoms with Gasteiger partial charge < -0.3 is 14.6 Å². The number of nitrogens with one attached hydrogen (secondary N) is 1. The summed E-state index contributed by atoms with van der Waals surface area (Å²) in [5.41, 5.74) is 6.12. The third-order valence-corrected chi connectivity index (χ3v) is 8.19. The van der Waals surface area contributed by atoms with E-state index in [0.717, 1.165) is 71.7 Å². The Kier molecular flexibility index (Phi) is 8.53. The second-order valence-electron chi connectivity index (χ2n) is 10.5. The van der Waals surface area contributed by atoms with Gasteiger partial charge in [0.1, 0.15) is 5.69 Å². The summed E-state index contributed by atoms with van der Waals surface area (Å²) in [7, 11) is 2.00. The van der Waals surface area contributed by atoms with E-state index < -0.39 is 0 Å². The third kappa shape index (κ3) is 6.20. The molecule has 1 atom stereocenters. The maximum atomic E-state index is 13.3. The standard InChI is InChI=1S/C33H31Cl2N5O2/c1-39-21-36-20-31(39)32(22-5-8-25(34)9-6-22)24-7-10-29-28(18-24)27(23-3-2-4-26(35)17-23)19-30(38-29)33(41)37-11-12-40-13-15-42-16-14-40/h2-10,17-21,32H,11-16H2,1H3,(H,37,41). The van der Waals surface area contributed by atoms with Gasteiger partial charge in [-0.15, -0.1) is 0 Å². The predicted octanol–water partition coefficient (Wildman–Crippen LogP) is 6.18. The highest BCUT2D eigenvalue weighted by Crippen LogP contribution is 2.37. The van der Waals surface area contributed by atoms with Crippen LogP contribution in [0.2, 0.25) is 10.0 Å². The lowest BCUT2D eigenvalue weighted by Crippen LogP contribution is -2.41. The van der Waals surface area contributed by atoms with Crippen molar-refractivity contribution in [2.24, 2.45) is 7.05 Å². The number of benzene rings is 3.